The second kappa shape index (κ2) is 7.50. The van der Waals surface area contributed by atoms with E-state index in [1.807, 2.05) is 7.05 Å². The number of carbonyl (C=O) groups is 1. The first-order valence-corrected chi connectivity index (χ1v) is 9.06. The number of amides is 1. The van der Waals surface area contributed by atoms with Gasteiger partial charge in [-0.15, -0.1) is 0 Å². The topological polar surface area (TPSA) is 82.0 Å². The molecule has 144 valence electrons. The van der Waals surface area contributed by atoms with Crippen molar-refractivity contribution in [2.24, 2.45) is 5.92 Å². The maximum Gasteiger partial charge on any atom is 0.252 e. The maximum atomic E-state index is 14.1. The van der Waals surface area contributed by atoms with Crippen molar-refractivity contribution in [2.45, 2.75) is 43.4 Å². The van der Waals surface area contributed by atoms with Crippen molar-refractivity contribution in [3.8, 4) is 5.75 Å². The van der Waals surface area contributed by atoms with Crippen LogP contribution < -0.4 is 10.1 Å². The highest BCUT2D eigenvalue weighted by atomic mass is 19.1. The summed E-state index contributed by atoms with van der Waals surface area (Å²) in [6.45, 7) is 1.29. The second-order valence-corrected chi connectivity index (χ2v) is 7.57. The van der Waals surface area contributed by atoms with Crippen molar-refractivity contribution in [2.75, 3.05) is 27.2 Å². The Balaban J connectivity index is 1.78. The Morgan fingerprint density at radius 3 is 2.58 bits per heavy atom. The number of rotatable bonds is 5. The largest absolute Gasteiger partial charge is 0.494 e. The van der Waals surface area contributed by atoms with Gasteiger partial charge >= 0.3 is 0 Å². The van der Waals surface area contributed by atoms with E-state index in [9.17, 15) is 19.4 Å². The van der Waals surface area contributed by atoms with Gasteiger partial charge in [0.15, 0.2) is 11.6 Å². The van der Waals surface area contributed by atoms with Crippen LogP contribution in [0, 0.1) is 11.7 Å². The number of likely N-dealkylation sites (tertiary alicyclic amines) is 1. The molecule has 0 aromatic heterocycles. The summed E-state index contributed by atoms with van der Waals surface area (Å²) in [6.07, 6.45) is 1.42. The molecule has 7 heteroatoms. The number of benzene rings is 1. The molecule has 1 atom stereocenters. The molecule has 3 N–H and O–H groups in total. The molecule has 1 saturated heterocycles. The number of aliphatic hydroxyl groups is 2. The normalized spacial score (nSPS) is 26.7. The molecule has 1 aromatic rings. The van der Waals surface area contributed by atoms with Crippen LogP contribution in [0.1, 0.15) is 37.3 Å². The van der Waals surface area contributed by atoms with Crippen molar-refractivity contribution in [1.82, 2.24) is 10.2 Å². The number of nitrogens with zero attached hydrogens (tertiary/aromatic N) is 1. The average Bonchev–Trinajstić information content (AvgIpc) is 2.59. The van der Waals surface area contributed by atoms with E-state index >= 15 is 0 Å². The van der Waals surface area contributed by atoms with Crippen molar-refractivity contribution in [3.63, 3.8) is 0 Å². The SMILES string of the molecule is COc1ccc(C(NC(=O)C2(O)CCN(C)CC2)C2CC(O)C2)cc1F. The Kier molecular flexibility index (Phi) is 5.50. The first-order chi connectivity index (χ1) is 12.3. The van der Waals surface area contributed by atoms with Crippen molar-refractivity contribution >= 4 is 5.91 Å². The van der Waals surface area contributed by atoms with Gasteiger partial charge in [0.2, 0.25) is 0 Å². The summed E-state index contributed by atoms with van der Waals surface area (Å²) in [7, 11) is 3.35. The van der Waals surface area contributed by atoms with Gasteiger partial charge in [-0.3, -0.25) is 4.79 Å². The number of carbonyl (C=O) groups excluding carboxylic acids is 1. The molecule has 1 aliphatic heterocycles. The Morgan fingerprint density at radius 1 is 1.38 bits per heavy atom. The number of methoxy groups -OCH3 is 1. The Bertz CT molecular complexity index is 655. The summed E-state index contributed by atoms with van der Waals surface area (Å²) in [5.41, 5.74) is -0.789. The summed E-state index contributed by atoms with van der Waals surface area (Å²) in [4.78, 5) is 14.9. The Morgan fingerprint density at radius 2 is 2.04 bits per heavy atom. The van der Waals surface area contributed by atoms with Crippen LogP contribution in [0.5, 0.6) is 5.75 Å². The van der Waals surface area contributed by atoms with Crippen LogP contribution in [0.4, 0.5) is 4.39 Å². The van der Waals surface area contributed by atoms with E-state index in [2.05, 4.69) is 10.2 Å². The van der Waals surface area contributed by atoms with E-state index in [1.165, 1.54) is 19.2 Å². The minimum atomic E-state index is -1.40. The smallest absolute Gasteiger partial charge is 0.252 e. The van der Waals surface area contributed by atoms with Crippen molar-refractivity contribution in [3.05, 3.63) is 29.6 Å². The summed E-state index contributed by atoms with van der Waals surface area (Å²) >= 11 is 0. The molecular formula is C19H27FN2O4. The van der Waals surface area contributed by atoms with Gasteiger partial charge < -0.3 is 25.2 Å². The van der Waals surface area contributed by atoms with Gasteiger partial charge in [-0.1, -0.05) is 6.07 Å². The number of hydrogen-bond acceptors (Lipinski definition) is 5. The maximum absolute atomic E-state index is 14.1. The summed E-state index contributed by atoms with van der Waals surface area (Å²) in [5, 5.41) is 23.3. The molecular weight excluding hydrogens is 339 g/mol. The molecule has 6 nitrogen and oxygen atoms in total. The van der Waals surface area contributed by atoms with Crippen LogP contribution in [0.3, 0.4) is 0 Å². The predicted octanol–water partition coefficient (Wildman–Crippen LogP) is 1.22. The second-order valence-electron chi connectivity index (χ2n) is 7.57. The fourth-order valence-corrected chi connectivity index (χ4v) is 3.74. The van der Waals surface area contributed by atoms with Crippen LogP contribution >= 0.6 is 0 Å². The monoisotopic (exact) mass is 366 g/mol. The number of hydrogen-bond donors (Lipinski definition) is 3. The fourth-order valence-electron chi connectivity index (χ4n) is 3.74. The number of nitrogens with one attached hydrogen (secondary N) is 1. The number of aliphatic hydroxyl groups excluding tert-OH is 1. The quantitative estimate of drug-likeness (QED) is 0.730. The average molecular weight is 366 g/mol. The molecule has 1 amide bonds. The molecule has 2 aliphatic rings. The van der Waals surface area contributed by atoms with Gasteiger partial charge in [-0.25, -0.2) is 4.39 Å². The van der Waals surface area contributed by atoms with Crippen molar-refractivity contribution in [1.29, 1.82) is 0 Å². The third-order valence-corrected chi connectivity index (χ3v) is 5.68. The molecule has 26 heavy (non-hydrogen) atoms. The third-order valence-electron chi connectivity index (χ3n) is 5.68. The lowest BCUT2D eigenvalue weighted by atomic mass is 9.74. The molecule has 3 rings (SSSR count). The zero-order valence-electron chi connectivity index (χ0n) is 15.2. The summed E-state index contributed by atoms with van der Waals surface area (Å²) in [6, 6.07) is 4.15. The van der Waals surface area contributed by atoms with Gasteiger partial charge in [-0.2, -0.15) is 0 Å². The Hall–Kier alpha value is -1.70. The Labute approximate surface area is 153 Å². The first kappa shape index (κ1) is 19.1. The number of piperidine rings is 1. The van der Waals surface area contributed by atoms with E-state index in [1.54, 1.807) is 6.07 Å². The third kappa shape index (κ3) is 3.84. The summed E-state index contributed by atoms with van der Waals surface area (Å²) in [5.74, 6) is -0.770. The van der Waals surface area contributed by atoms with Crippen LogP contribution in [0.2, 0.25) is 0 Å². The highest BCUT2D eigenvalue weighted by Crippen LogP contribution is 2.39. The molecule has 0 bridgehead atoms. The van der Waals surface area contributed by atoms with E-state index in [4.69, 9.17) is 4.74 Å². The van der Waals surface area contributed by atoms with Gasteiger partial charge in [0.25, 0.3) is 5.91 Å². The van der Waals surface area contributed by atoms with Gasteiger partial charge in [0.05, 0.1) is 19.3 Å². The van der Waals surface area contributed by atoms with E-state index < -0.39 is 29.5 Å². The summed E-state index contributed by atoms with van der Waals surface area (Å²) < 4.78 is 19.1. The molecule has 1 heterocycles. The van der Waals surface area contributed by atoms with Crippen molar-refractivity contribution < 1.29 is 24.1 Å². The molecule has 1 unspecified atom stereocenters. The van der Waals surface area contributed by atoms with Crippen LogP contribution in [0.15, 0.2) is 18.2 Å². The van der Waals surface area contributed by atoms with Gasteiger partial charge in [-0.05, 0) is 56.3 Å². The van der Waals surface area contributed by atoms with Crippen LogP contribution in [0.25, 0.3) is 0 Å². The first-order valence-electron chi connectivity index (χ1n) is 9.06. The van der Waals surface area contributed by atoms with Crippen LogP contribution in [-0.2, 0) is 4.79 Å². The lowest BCUT2D eigenvalue weighted by Crippen LogP contribution is -2.55. The lowest BCUT2D eigenvalue weighted by Gasteiger charge is -2.41. The van der Waals surface area contributed by atoms with E-state index in [0.29, 0.717) is 44.3 Å². The number of ether oxygens (including phenoxy) is 1. The molecule has 1 aromatic carbocycles. The minimum Gasteiger partial charge on any atom is -0.494 e. The van der Waals surface area contributed by atoms with Gasteiger partial charge in [0.1, 0.15) is 5.60 Å². The molecule has 1 aliphatic carbocycles. The fraction of sp³-hybridized carbons (Fsp3) is 0.632. The lowest BCUT2D eigenvalue weighted by molar-refractivity contribution is -0.146. The molecule has 0 spiro atoms. The minimum absolute atomic E-state index is 0.0107. The highest BCUT2D eigenvalue weighted by molar-refractivity contribution is 5.85. The molecule has 2 fully saturated rings. The molecule has 1 saturated carbocycles. The van der Waals surface area contributed by atoms with Gasteiger partial charge in [0, 0.05) is 13.1 Å². The zero-order chi connectivity index (χ0) is 18.9. The number of halogens is 1. The van der Waals surface area contributed by atoms with E-state index in [0.717, 1.165) is 0 Å². The molecule has 0 radical (unpaired) electrons. The zero-order valence-corrected chi connectivity index (χ0v) is 15.2. The van der Waals surface area contributed by atoms with Crippen LogP contribution in [-0.4, -0.2) is 60.0 Å². The highest BCUT2D eigenvalue weighted by Gasteiger charge is 2.42. The van der Waals surface area contributed by atoms with E-state index in [-0.39, 0.29) is 11.7 Å². The standard InChI is InChI=1S/C19H27FN2O4/c1-22-7-5-19(25,6-8-22)18(24)21-17(13-9-14(23)10-13)12-3-4-16(26-2)15(20)11-12/h3-4,11,13-14,17,23,25H,5-10H2,1-2H3,(H,21,24). The predicted molar refractivity (Wildman–Crippen MR) is 94.2 cm³/mol.